The maximum atomic E-state index is 12.5. The normalized spacial score (nSPS) is 22.3. The van der Waals surface area contributed by atoms with Gasteiger partial charge in [0.2, 0.25) is 11.8 Å². The Morgan fingerprint density at radius 3 is 2.88 bits per heavy atom. The molecule has 24 heavy (non-hydrogen) atoms. The monoisotopic (exact) mass is 371 g/mol. The summed E-state index contributed by atoms with van der Waals surface area (Å²) in [7, 11) is 0. The largest absolute Gasteiger partial charge is 0.370 e. The van der Waals surface area contributed by atoms with Crippen LogP contribution in [-0.4, -0.2) is 67.5 Å². The van der Waals surface area contributed by atoms with Crippen LogP contribution in [0.3, 0.4) is 0 Å². The zero-order chi connectivity index (χ0) is 17.1. The highest BCUT2D eigenvalue weighted by Crippen LogP contribution is 2.29. The summed E-state index contributed by atoms with van der Waals surface area (Å²) >= 11 is 12.0. The first-order chi connectivity index (χ1) is 11.5. The molecule has 8 heteroatoms. The molecule has 2 heterocycles. The van der Waals surface area contributed by atoms with Crippen molar-refractivity contribution in [3.05, 3.63) is 33.8 Å². The van der Waals surface area contributed by atoms with Crippen molar-refractivity contribution >= 4 is 35.0 Å². The van der Waals surface area contributed by atoms with E-state index < -0.39 is 0 Å². The molecule has 6 nitrogen and oxygen atoms in total. The fraction of sp³-hybridized carbons (Fsp3) is 0.500. The van der Waals surface area contributed by atoms with Gasteiger partial charge in [-0.25, -0.2) is 0 Å². The zero-order valence-corrected chi connectivity index (χ0v) is 14.6. The SMILES string of the molecule is O=C1CN(CC(=O)N2CCO[C@H](c3ccc(Cl)c(Cl)c3)C2)CCN1. The molecule has 0 saturated carbocycles. The highest BCUT2D eigenvalue weighted by atomic mass is 35.5. The molecule has 2 fully saturated rings. The van der Waals surface area contributed by atoms with Gasteiger partial charge in [-0.15, -0.1) is 0 Å². The Kier molecular flexibility index (Phi) is 5.61. The van der Waals surface area contributed by atoms with Gasteiger partial charge in [-0.1, -0.05) is 29.3 Å². The molecule has 1 aromatic carbocycles. The summed E-state index contributed by atoms with van der Waals surface area (Å²) in [6.07, 6.45) is -0.220. The van der Waals surface area contributed by atoms with Gasteiger partial charge in [0.25, 0.3) is 0 Å². The van der Waals surface area contributed by atoms with Crippen molar-refractivity contribution in [2.75, 3.05) is 45.9 Å². The minimum Gasteiger partial charge on any atom is -0.370 e. The number of amides is 2. The number of halogens is 2. The molecule has 130 valence electrons. The molecule has 1 N–H and O–H groups in total. The lowest BCUT2D eigenvalue weighted by molar-refractivity contribution is -0.141. The fourth-order valence-electron chi connectivity index (χ4n) is 2.91. The highest BCUT2D eigenvalue weighted by molar-refractivity contribution is 6.42. The molecule has 1 aromatic rings. The van der Waals surface area contributed by atoms with Crippen molar-refractivity contribution in [1.29, 1.82) is 0 Å². The van der Waals surface area contributed by atoms with Gasteiger partial charge in [-0.2, -0.15) is 0 Å². The molecular formula is C16H19Cl2N3O3. The van der Waals surface area contributed by atoms with Gasteiger partial charge < -0.3 is 15.0 Å². The Hall–Kier alpha value is -1.34. The fourth-order valence-corrected chi connectivity index (χ4v) is 3.21. The summed E-state index contributed by atoms with van der Waals surface area (Å²) in [6.45, 7) is 3.29. The molecule has 2 aliphatic heterocycles. The third-order valence-corrected chi connectivity index (χ3v) is 4.95. The van der Waals surface area contributed by atoms with Crippen LogP contribution in [0.15, 0.2) is 18.2 Å². The number of ether oxygens (including phenoxy) is 1. The van der Waals surface area contributed by atoms with Crippen molar-refractivity contribution in [2.45, 2.75) is 6.10 Å². The van der Waals surface area contributed by atoms with E-state index in [2.05, 4.69) is 5.32 Å². The Balaban J connectivity index is 1.61. The number of hydrogen-bond acceptors (Lipinski definition) is 4. The summed E-state index contributed by atoms with van der Waals surface area (Å²) in [5.41, 5.74) is 0.902. The lowest BCUT2D eigenvalue weighted by Crippen LogP contribution is -2.52. The van der Waals surface area contributed by atoms with E-state index >= 15 is 0 Å². The molecular weight excluding hydrogens is 353 g/mol. The molecule has 2 saturated heterocycles. The van der Waals surface area contributed by atoms with Crippen molar-refractivity contribution in [3.63, 3.8) is 0 Å². The van der Waals surface area contributed by atoms with Gasteiger partial charge in [-0.3, -0.25) is 14.5 Å². The third kappa shape index (κ3) is 4.19. The van der Waals surface area contributed by atoms with Gasteiger partial charge in [0.05, 0.1) is 36.3 Å². The highest BCUT2D eigenvalue weighted by Gasteiger charge is 2.28. The average molecular weight is 372 g/mol. The third-order valence-electron chi connectivity index (χ3n) is 4.21. The minimum atomic E-state index is -0.220. The van der Waals surface area contributed by atoms with E-state index in [9.17, 15) is 9.59 Å². The van der Waals surface area contributed by atoms with Crippen LogP contribution in [0.4, 0.5) is 0 Å². The number of carbonyl (C=O) groups is 2. The lowest BCUT2D eigenvalue weighted by atomic mass is 10.1. The minimum absolute atomic E-state index is 0.0121. The first-order valence-electron chi connectivity index (χ1n) is 7.86. The molecule has 3 rings (SSSR count). The predicted octanol–water partition coefficient (Wildman–Crippen LogP) is 1.33. The number of piperazine rings is 1. The van der Waals surface area contributed by atoms with Gasteiger partial charge in [0.15, 0.2) is 0 Å². The van der Waals surface area contributed by atoms with Crippen molar-refractivity contribution < 1.29 is 14.3 Å². The number of morpholine rings is 1. The van der Waals surface area contributed by atoms with Crippen LogP contribution >= 0.6 is 23.2 Å². The first-order valence-corrected chi connectivity index (χ1v) is 8.62. The summed E-state index contributed by atoms with van der Waals surface area (Å²) in [4.78, 5) is 27.6. The average Bonchev–Trinajstić information content (AvgIpc) is 2.57. The number of hydrogen-bond donors (Lipinski definition) is 1. The Labute approximate surface area is 150 Å². The van der Waals surface area contributed by atoms with E-state index in [0.717, 1.165) is 5.56 Å². The van der Waals surface area contributed by atoms with Gasteiger partial charge in [0, 0.05) is 19.6 Å². The van der Waals surface area contributed by atoms with Crippen molar-refractivity contribution in [1.82, 2.24) is 15.1 Å². The summed E-state index contributed by atoms with van der Waals surface area (Å²) in [5, 5.41) is 3.72. The number of benzene rings is 1. The zero-order valence-electron chi connectivity index (χ0n) is 13.1. The lowest BCUT2D eigenvalue weighted by Gasteiger charge is -2.35. The summed E-state index contributed by atoms with van der Waals surface area (Å²) in [6, 6.07) is 5.37. The Bertz CT molecular complexity index is 641. The molecule has 0 aromatic heterocycles. The molecule has 0 radical (unpaired) electrons. The first kappa shape index (κ1) is 17.5. The summed E-state index contributed by atoms with van der Waals surface area (Å²) in [5.74, 6) is -0.0252. The van der Waals surface area contributed by atoms with E-state index in [4.69, 9.17) is 27.9 Å². The second-order valence-corrected chi connectivity index (χ2v) is 6.75. The van der Waals surface area contributed by atoms with Crippen molar-refractivity contribution in [3.8, 4) is 0 Å². The van der Waals surface area contributed by atoms with E-state index in [-0.39, 0.29) is 31.0 Å². The quantitative estimate of drug-likeness (QED) is 0.870. The molecule has 0 spiro atoms. The molecule has 0 aliphatic carbocycles. The molecule has 0 bridgehead atoms. The number of nitrogens with one attached hydrogen (secondary N) is 1. The van der Waals surface area contributed by atoms with Crippen LogP contribution in [0.5, 0.6) is 0 Å². The van der Waals surface area contributed by atoms with E-state index in [1.54, 1.807) is 17.0 Å². The topological polar surface area (TPSA) is 61.9 Å². The van der Waals surface area contributed by atoms with Gasteiger partial charge in [0.1, 0.15) is 6.10 Å². The standard InChI is InChI=1S/C16H19Cl2N3O3/c17-12-2-1-11(7-13(12)18)14-8-21(5-6-24-14)16(23)10-20-4-3-19-15(22)9-20/h1-2,7,14H,3-6,8-10H2,(H,19,22)/t14-/m0/s1. The number of rotatable bonds is 3. The second-order valence-electron chi connectivity index (χ2n) is 5.93. The maximum absolute atomic E-state index is 12.5. The van der Waals surface area contributed by atoms with Crippen LogP contribution in [0, 0.1) is 0 Å². The predicted molar refractivity (Wildman–Crippen MR) is 91.2 cm³/mol. The number of nitrogens with zero attached hydrogens (tertiary/aromatic N) is 2. The van der Waals surface area contributed by atoms with Gasteiger partial charge in [-0.05, 0) is 17.7 Å². The Morgan fingerprint density at radius 2 is 2.12 bits per heavy atom. The van der Waals surface area contributed by atoms with E-state index in [1.807, 2.05) is 11.0 Å². The van der Waals surface area contributed by atoms with E-state index in [0.29, 0.717) is 42.8 Å². The molecule has 2 aliphatic rings. The van der Waals surface area contributed by atoms with Crippen LogP contribution < -0.4 is 5.32 Å². The van der Waals surface area contributed by atoms with Crippen LogP contribution in [0.25, 0.3) is 0 Å². The summed E-state index contributed by atoms with van der Waals surface area (Å²) < 4.78 is 5.77. The van der Waals surface area contributed by atoms with Crippen LogP contribution in [0.1, 0.15) is 11.7 Å². The van der Waals surface area contributed by atoms with Crippen molar-refractivity contribution in [2.24, 2.45) is 0 Å². The van der Waals surface area contributed by atoms with Crippen LogP contribution in [0.2, 0.25) is 10.0 Å². The van der Waals surface area contributed by atoms with Crippen LogP contribution in [-0.2, 0) is 14.3 Å². The Morgan fingerprint density at radius 1 is 1.29 bits per heavy atom. The maximum Gasteiger partial charge on any atom is 0.236 e. The molecule has 0 unspecified atom stereocenters. The van der Waals surface area contributed by atoms with Gasteiger partial charge >= 0.3 is 0 Å². The second kappa shape index (κ2) is 7.70. The smallest absolute Gasteiger partial charge is 0.236 e. The van der Waals surface area contributed by atoms with E-state index in [1.165, 1.54) is 0 Å². The molecule has 2 amide bonds. The number of carbonyl (C=O) groups excluding carboxylic acids is 2. The molecule has 1 atom stereocenters.